The van der Waals surface area contributed by atoms with Crippen molar-refractivity contribution < 1.29 is 19.1 Å². The highest BCUT2D eigenvalue weighted by atomic mass is 16.5. The first-order valence-electron chi connectivity index (χ1n) is 13.5. The Morgan fingerprint density at radius 3 is 2.41 bits per heavy atom. The number of carbonyl (C=O) groups is 2. The van der Waals surface area contributed by atoms with Gasteiger partial charge in [-0.3, -0.25) is 9.59 Å². The van der Waals surface area contributed by atoms with Crippen LogP contribution < -0.4 is 16.0 Å². The van der Waals surface area contributed by atoms with Gasteiger partial charge in [0.15, 0.2) is 0 Å². The van der Waals surface area contributed by atoms with Crippen LogP contribution in [0.5, 0.6) is 0 Å². The predicted octanol–water partition coefficient (Wildman–Crippen LogP) is 1.93. The van der Waals surface area contributed by atoms with E-state index in [0.29, 0.717) is 23.8 Å². The van der Waals surface area contributed by atoms with Crippen molar-refractivity contribution in [2.45, 2.75) is 89.0 Å². The number of piperidine rings is 1. The SMILES string of the molecule is CNCC1CC(C(=O)NCCCCC2CCN(C(=O)C3CCC(OC)C(OC)C3)CC2)NC1C. The standard InChI is InChI=1S/C26H48N4O4/c1-18-21(17-27-2)15-22(29-18)25(31)28-12-6-5-7-19-10-13-30(14-11-19)26(32)20-8-9-23(33-3)24(16-20)34-4/h18-24,27,29H,5-17H2,1-4H3,(H,28,31). The van der Waals surface area contributed by atoms with Crippen LogP contribution in [0.3, 0.4) is 0 Å². The van der Waals surface area contributed by atoms with Gasteiger partial charge in [0.2, 0.25) is 11.8 Å². The lowest BCUT2D eigenvalue weighted by atomic mass is 9.83. The highest BCUT2D eigenvalue weighted by molar-refractivity contribution is 5.82. The second kappa shape index (κ2) is 13.8. The summed E-state index contributed by atoms with van der Waals surface area (Å²) in [7, 11) is 5.41. The van der Waals surface area contributed by atoms with Crippen molar-refractivity contribution in [1.29, 1.82) is 0 Å². The van der Waals surface area contributed by atoms with Crippen LogP contribution in [0.2, 0.25) is 0 Å². The molecule has 3 N–H and O–H groups in total. The topological polar surface area (TPSA) is 91.9 Å². The van der Waals surface area contributed by atoms with Crippen LogP contribution in [-0.2, 0) is 19.1 Å². The minimum Gasteiger partial charge on any atom is -0.379 e. The summed E-state index contributed by atoms with van der Waals surface area (Å²) in [6.07, 6.45) is 9.12. The predicted molar refractivity (Wildman–Crippen MR) is 134 cm³/mol. The van der Waals surface area contributed by atoms with E-state index < -0.39 is 0 Å². The molecule has 8 heteroatoms. The largest absolute Gasteiger partial charge is 0.379 e. The van der Waals surface area contributed by atoms with Crippen LogP contribution in [0, 0.1) is 17.8 Å². The molecule has 196 valence electrons. The second-order valence-corrected chi connectivity index (χ2v) is 10.7. The average Bonchev–Trinajstić information content (AvgIpc) is 3.23. The first-order valence-corrected chi connectivity index (χ1v) is 13.5. The van der Waals surface area contributed by atoms with Crippen LogP contribution in [0.25, 0.3) is 0 Å². The van der Waals surface area contributed by atoms with Gasteiger partial charge in [-0.15, -0.1) is 0 Å². The molecule has 0 bridgehead atoms. The molecular formula is C26H48N4O4. The Labute approximate surface area is 206 Å². The summed E-state index contributed by atoms with van der Waals surface area (Å²) in [6, 6.07) is 0.321. The zero-order valence-electron chi connectivity index (χ0n) is 21.8. The van der Waals surface area contributed by atoms with E-state index >= 15 is 0 Å². The van der Waals surface area contributed by atoms with E-state index in [1.807, 2.05) is 7.05 Å². The number of unbranched alkanes of at least 4 members (excludes halogenated alkanes) is 1. The van der Waals surface area contributed by atoms with Crippen LogP contribution in [0.1, 0.15) is 64.7 Å². The number of nitrogens with zero attached hydrogens (tertiary/aromatic N) is 1. The summed E-state index contributed by atoms with van der Waals surface area (Å²) in [5, 5.41) is 9.78. The minimum atomic E-state index is -0.0565. The third-order valence-corrected chi connectivity index (χ3v) is 8.44. The monoisotopic (exact) mass is 480 g/mol. The van der Waals surface area contributed by atoms with Crippen LogP contribution in [0.4, 0.5) is 0 Å². The maximum atomic E-state index is 13.0. The average molecular weight is 481 g/mol. The fraction of sp³-hybridized carbons (Fsp3) is 0.923. The van der Waals surface area contributed by atoms with Crippen molar-refractivity contribution in [1.82, 2.24) is 20.9 Å². The first kappa shape index (κ1) is 27.4. The molecule has 1 saturated carbocycles. The maximum absolute atomic E-state index is 13.0. The van der Waals surface area contributed by atoms with Gasteiger partial charge in [0.1, 0.15) is 0 Å². The zero-order valence-corrected chi connectivity index (χ0v) is 21.8. The van der Waals surface area contributed by atoms with E-state index in [-0.39, 0.29) is 30.1 Å². The summed E-state index contributed by atoms with van der Waals surface area (Å²) < 4.78 is 11.1. The Morgan fingerprint density at radius 1 is 1.00 bits per heavy atom. The molecular weight excluding hydrogens is 432 g/mol. The fourth-order valence-electron chi connectivity index (χ4n) is 6.17. The van der Waals surface area contributed by atoms with Crippen molar-refractivity contribution in [3.63, 3.8) is 0 Å². The Kier molecular flexibility index (Phi) is 11.1. The molecule has 2 amide bonds. The molecule has 34 heavy (non-hydrogen) atoms. The van der Waals surface area contributed by atoms with Gasteiger partial charge in [-0.05, 0) is 77.3 Å². The molecule has 2 saturated heterocycles. The van der Waals surface area contributed by atoms with E-state index in [0.717, 1.165) is 77.5 Å². The van der Waals surface area contributed by atoms with Gasteiger partial charge in [-0.25, -0.2) is 0 Å². The van der Waals surface area contributed by atoms with E-state index in [1.54, 1.807) is 14.2 Å². The lowest BCUT2D eigenvalue weighted by Gasteiger charge is -2.38. The number of carbonyl (C=O) groups excluding carboxylic acids is 2. The number of amides is 2. The molecule has 6 unspecified atom stereocenters. The molecule has 6 atom stereocenters. The molecule has 2 heterocycles. The number of likely N-dealkylation sites (tertiary alicyclic amines) is 1. The van der Waals surface area contributed by atoms with E-state index in [9.17, 15) is 9.59 Å². The number of rotatable bonds is 11. The summed E-state index contributed by atoms with van der Waals surface area (Å²) >= 11 is 0. The third kappa shape index (κ3) is 7.39. The lowest BCUT2D eigenvalue weighted by Crippen LogP contribution is -2.46. The Morgan fingerprint density at radius 2 is 1.74 bits per heavy atom. The van der Waals surface area contributed by atoms with Gasteiger partial charge in [-0.1, -0.05) is 12.8 Å². The molecule has 0 aromatic heterocycles. The number of methoxy groups -OCH3 is 2. The Bertz CT molecular complexity index is 640. The molecule has 0 spiro atoms. The molecule has 0 aromatic carbocycles. The lowest BCUT2D eigenvalue weighted by molar-refractivity contribution is -0.143. The molecule has 3 fully saturated rings. The minimum absolute atomic E-state index is 0.0216. The summed E-state index contributed by atoms with van der Waals surface area (Å²) in [4.78, 5) is 27.6. The first-order chi connectivity index (χ1) is 16.5. The number of nitrogens with one attached hydrogen (secondary N) is 3. The highest BCUT2D eigenvalue weighted by Gasteiger charge is 2.37. The summed E-state index contributed by atoms with van der Waals surface area (Å²) in [5.41, 5.74) is 0. The van der Waals surface area contributed by atoms with Crippen LogP contribution >= 0.6 is 0 Å². The van der Waals surface area contributed by atoms with Gasteiger partial charge in [0.05, 0.1) is 18.2 Å². The number of ether oxygens (including phenoxy) is 2. The molecule has 8 nitrogen and oxygen atoms in total. The van der Waals surface area contributed by atoms with E-state index in [1.165, 1.54) is 6.42 Å². The van der Waals surface area contributed by atoms with E-state index in [4.69, 9.17) is 9.47 Å². The van der Waals surface area contributed by atoms with Crippen molar-refractivity contribution in [2.75, 3.05) is 47.4 Å². The van der Waals surface area contributed by atoms with E-state index in [2.05, 4.69) is 27.8 Å². The molecule has 0 radical (unpaired) electrons. The van der Waals surface area contributed by atoms with Crippen molar-refractivity contribution in [3.8, 4) is 0 Å². The molecule has 3 aliphatic rings. The quantitative estimate of drug-likeness (QED) is 0.392. The van der Waals surface area contributed by atoms with Crippen molar-refractivity contribution >= 4 is 11.8 Å². The summed E-state index contributed by atoms with van der Waals surface area (Å²) in [6.45, 7) is 5.62. The van der Waals surface area contributed by atoms with Crippen molar-refractivity contribution in [3.05, 3.63) is 0 Å². The summed E-state index contributed by atoms with van der Waals surface area (Å²) in [5.74, 6) is 1.73. The number of hydrogen-bond donors (Lipinski definition) is 3. The van der Waals surface area contributed by atoms with Crippen molar-refractivity contribution in [2.24, 2.45) is 17.8 Å². The Balaban J connectivity index is 1.27. The molecule has 2 aliphatic heterocycles. The van der Waals surface area contributed by atoms with Gasteiger partial charge < -0.3 is 30.3 Å². The highest BCUT2D eigenvalue weighted by Crippen LogP contribution is 2.31. The fourth-order valence-corrected chi connectivity index (χ4v) is 6.17. The zero-order chi connectivity index (χ0) is 24.5. The molecule has 0 aromatic rings. The van der Waals surface area contributed by atoms with Gasteiger partial charge >= 0.3 is 0 Å². The molecule has 1 aliphatic carbocycles. The van der Waals surface area contributed by atoms with Crippen LogP contribution in [0.15, 0.2) is 0 Å². The smallest absolute Gasteiger partial charge is 0.237 e. The van der Waals surface area contributed by atoms with Gasteiger partial charge in [0.25, 0.3) is 0 Å². The second-order valence-electron chi connectivity index (χ2n) is 10.7. The number of hydrogen-bond acceptors (Lipinski definition) is 6. The Hall–Kier alpha value is -1.22. The third-order valence-electron chi connectivity index (χ3n) is 8.44. The van der Waals surface area contributed by atoms with Gasteiger partial charge in [0, 0.05) is 45.8 Å². The van der Waals surface area contributed by atoms with Crippen LogP contribution in [-0.4, -0.2) is 88.5 Å². The van der Waals surface area contributed by atoms with Gasteiger partial charge in [-0.2, -0.15) is 0 Å². The molecule has 3 rings (SSSR count). The maximum Gasteiger partial charge on any atom is 0.237 e. The normalized spacial score (nSPS) is 32.6.